The Bertz CT molecular complexity index is 716. The summed E-state index contributed by atoms with van der Waals surface area (Å²) in [6.07, 6.45) is 0. The number of hydrogen-bond donors (Lipinski definition) is 1. The zero-order chi connectivity index (χ0) is 13.4. The summed E-state index contributed by atoms with van der Waals surface area (Å²) in [5.41, 5.74) is 9.25. The second-order valence-corrected chi connectivity index (χ2v) is 6.41. The van der Waals surface area contributed by atoms with Gasteiger partial charge in [0.05, 0.1) is 5.56 Å². The van der Waals surface area contributed by atoms with Crippen molar-refractivity contribution in [3.63, 3.8) is 0 Å². The van der Waals surface area contributed by atoms with Crippen molar-refractivity contribution in [3.8, 4) is 21.7 Å². The van der Waals surface area contributed by atoms with Crippen LogP contribution in [0, 0.1) is 3.57 Å². The molecular weight excluding hydrogens is 369 g/mol. The normalized spacial score (nSPS) is 10.8. The van der Waals surface area contributed by atoms with E-state index in [0.717, 1.165) is 21.7 Å². The molecule has 0 fully saturated rings. The number of aryl methyl sites for hydroxylation is 1. The second kappa shape index (κ2) is 4.97. The van der Waals surface area contributed by atoms with Gasteiger partial charge in [0.1, 0.15) is 11.5 Å². The molecule has 2 aromatic heterocycles. The fourth-order valence-electron chi connectivity index (χ4n) is 2.04. The van der Waals surface area contributed by atoms with Crippen molar-refractivity contribution in [2.24, 2.45) is 7.05 Å². The van der Waals surface area contributed by atoms with Crippen LogP contribution in [0.5, 0.6) is 0 Å². The van der Waals surface area contributed by atoms with E-state index in [0.29, 0.717) is 5.82 Å². The first-order valence-corrected chi connectivity index (χ1v) is 7.75. The van der Waals surface area contributed by atoms with Crippen LogP contribution >= 0.6 is 33.9 Å². The van der Waals surface area contributed by atoms with Crippen LogP contribution in [0.4, 0.5) is 5.82 Å². The number of rotatable bonds is 2. The lowest BCUT2D eigenvalue weighted by Crippen LogP contribution is -1.97. The zero-order valence-electron chi connectivity index (χ0n) is 10.3. The molecule has 0 amide bonds. The summed E-state index contributed by atoms with van der Waals surface area (Å²) in [6, 6.07) is 12.4. The molecule has 0 aliphatic carbocycles. The third-order valence-corrected chi connectivity index (χ3v) is 4.52. The number of halogens is 1. The van der Waals surface area contributed by atoms with E-state index in [4.69, 9.17) is 5.73 Å². The van der Waals surface area contributed by atoms with E-state index in [9.17, 15) is 0 Å². The Morgan fingerprint density at radius 2 is 2.11 bits per heavy atom. The number of nitrogens with two attached hydrogens (primary N) is 1. The van der Waals surface area contributed by atoms with Crippen LogP contribution in [0.1, 0.15) is 0 Å². The SMILES string of the molecule is Cn1nc(-c2cccc(I)c2)c(-c2cccs2)c1N. The Hall–Kier alpha value is -1.34. The minimum Gasteiger partial charge on any atom is -0.383 e. The summed E-state index contributed by atoms with van der Waals surface area (Å²) in [4.78, 5) is 1.15. The quantitative estimate of drug-likeness (QED) is 0.682. The topological polar surface area (TPSA) is 43.8 Å². The highest BCUT2D eigenvalue weighted by Crippen LogP contribution is 2.38. The van der Waals surface area contributed by atoms with Crippen molar-refractivity contribution in [1.82, 2.24) is 9.78 Å². The van der Waals surface area contributed by atoms with Crippen molar-refractivity contribution in [1.29, 1.82) is 0 Å². The van der Waals surface area contributed by atoms with Gasteiger partial charge in [0.25, 0.3) is 0 Å². The number of anilines is 1. The van der Waals surface area contributed by atoms with Crippen molar-refractivity contribution in [2.75, 3.05) is 5.73 Å². The second-order valence-electron chi connectivity index (χ2n) is 4.22. The van der Waals surface area contributed by atoms with Crippen LogP contribution in [0.15, 0.2) is 41.8 Å². The minimum atomic E-state index is 0.705. The number of thiophene rings is 1. The molecule has 0 unspecified atom stereocenters. The van der Waals surface area contributed by atoms with Gasteiger partial charge in [-0.3, -0.25) is 4.68 Å². The van der Waals surface area contributed by atoms with Crippen LogP contribution in [0.2, 0.25) is 0 Å². The fraction of sp³-hybridized carbons (Fsp3) is 0.0714. The lowest BCUT2D eigenvalue weighted by molar-refractivity contribution is 0.782. The van der Waals surface area contributed by atoms with E-state index in [-0.39, 0.29) is 0 Å². The molecule has 0 bridgehead atoms. The van der Waals surface area contributed by atoms with Crippen LogP contribution in [-0.4, -0.2) is 9.78 Å². The Morgan fingerprint density at radius 1 is 1.26 bits per heavy atom. The van der Waals surface area contributed by atoms with Crippen molar-refractivity contribution < 1.29 is 0 Å². The summed E-state index contributed by atoms with van der Waals surface area (Å²) < 4.78 is 2.93. The maximum atomic E-state index is 6.18. The zero-order valence-corrected chi connectivity index (χ0v) is 13.3. The molecule has 3 nitrogen and oxygen atoms in total. The molecule has 0 spiro atoms. The minimum absolute atomic E-state index is 0.705. The summed E-state index contributed by atoms with van der Waals surface area (Å²) in [7, 11) is 1.88. The first-order valence-electron chi connectivity index (χ1n) is 5.79. The summed E-state index contributed by atoms with van der Waals surface area (Å²) in [5, 5.41) is 6.63. The van der Waals surface area contributed by atoms with Crippen LogP contribution < -0.4 is 5.73 Å². The molecule has 0 radical (unpaired) electrons. The lowest BCUT2D eigenvalue weighted by atomic mass is 10.1. The van der Waals surface area contributed by atoms with Gasteiger partial charge < -0.3 is 5.73 Å². The van der Waals surface area contributed by atoms with Gasteiger partial charge in [-0.1, -0.05) is 18.2 Å². The Balaban J connectivity index is 2.25. The smallest absolute Gasteiger partial charge is 0.130 e. The molecule has 0 aliphatic heterocycles. The number of nitrogen functional groups attached to an aromatic ring is 1. The maximum absolute atomic E-state index is 6.18. The van der Waals surface area contributed by atoms with Gasteiger partial charge >= 0.3 is 0 Å². The van der Waals surface area contributed by atoms with E-state index in [1.165, 1.54) is 3.57 Å². The predicted octanol–water partition coefficient (Wildman–Crippen LogP) is 4.00. The average Bonchev–Trinajstić information content (AvgIpc) is 2.99. The van der Waals surface area contributed by atoms with E-state index >= 15 is 0 Å². The molecule has 19 heavy (non-hydrogen) atoms. The third kappa shape index (κ3) is 2.28. The van der Waals surface area contributed by atoms with Crippen molar-refractivity contribution >= 4 is 39.7 Å². The molecule has 0 saturated carbocycles. The highest BCUT2D eigenvalue weighted by atomic mass is 127. The molecule has 2 N–H and O–H groups in total. The van der Waals surface area contributed by atoms with E-state index in [1.54, 1.807) is 16.0 Å². The van der Waals surface area contributed by atoms with Gasteiger partial charge in [-0.15, -0.1) is 11.3 Å². The Kier molecular flexibility index (Phi) is 3.32. The van der Waals surface area contributed by atoms with Gasteiger partial charge in [-0.2, -0.15) is 5.10 Å². The molecule has 96 valence electrons. The number of hydrogen-bond acceptors (Lipinski definition) is 3. The molecular formula is C14H12IN3S. The number of aromatic nitrogens is 2. The first-order chi connectivity index (χ1) is 9.16. The molecule has 0 saturated heterocycles. The highest BCUT2D eigenvalue weighted by Gasteiger charge is 2.18. The highest BCUT2D eigenvalue weighted by molar-refractivity contribution is 14.1. The Labute approximate surface area is 129 Å². The summed E-state index contributed by atoms with van der Waals surface area (Å²) in [5.74, 6) is 0.705. The standard InChI is InChI=1S/C14H12IN3S/c1-18-14(16)12(11-6-3-7-19-11)13(17-18)9-4-2-5-10(15)8-9/h2-8H,16H2,1H3. The molecule has 0 aliphatic rings. The van der Waals surface area contributed by atoms with E-state index in [2.05, 4.69) is 57.3 Å². The molecule has 3 aromatic rings. The Morgan fingerprint density at radius 3 is 2.79 bits per heavy atom. The molecule has 2 heterocycles. The average molecular weight is 381 g/mol. The van der Waals surface area contributed by atoms with Crippen LogP contribution in [0.25, 0.3) is 21.7 Å². The van der Waals surface area contributed by atoms with Gasteiger partial charge in [0.2, 0.25) is 0 Å². The summed E-state index contributed by atoms with van der Waals surface area (Å²) >= 11 is 3.99. The first kappa shape index (κ1) is 12.7. The van der Waals surface area contributed by atoms with Crippen LogP contribution in [-0.2, 0) is 7.05 Å². The lowest BCUT2D eigenvalue weighted by Gasteiger charge is -2.02. The molecule has 3 rings (SSSR count). The predicted molar refractivity (Wildman–Crippen MR) is 89.1 cm³/mol. The fourth-order valence-corrected chi connectivity index (χ4v) is 3.36. The van der Waals surface area contributed by atoms with Gasteiger partial charge in [-0.05, 0) is 46.2 Å². The number of nitrogens with zero attached hydrogens (tertiary/aromatic N) is 2. The molecule has 0 atom stereocenters. The third-order valence-electron chi connectivity index (χ3n) is 2.96. The monoisotopic (exact) mass is 381 g/mol. The maximum Gasteiger partial charge on any atom is 0.130 e. The van der Waals surface area contributed by atoms with Gasteiger partial charge in [0.15, 0.2) is 0 Å². The van der Waals surface area contributed by atoms with Crippen molar-refractivity contribution in [2.45, 2.75) is 0 Å². The van der Waals surface area contributed by atoms with E-state index < -0.39 is 0 Å². The van der Waals surface area contributed by atoms with Gasteiger partial charge in [0, 0.05) is 21.1 Å². The van der Waals surface area contributed by atoms with Crippen molar-refractivity contribution in [3.05, 3.63) is 45.3 Å². The van der Waals surface area contributed by atoms with Gasteiger partial charge in [-0.25, -0.2) is 0 Å². The van der Waals surface area contributed by atoms with E-state index in [1.807, 2.05) is 19.2 Å². The largest absolute Gasteiger partial charge is 0.383 e. The molecule has 5 heteroatoms. The van der Waals surface area contributed by atoms with Crippen LogP contribution in [0.3, 0.4) is 0 Å². The summed E-state index contributed by atoms with van der Waals surface area (Å²) in [6.45, 7) is 0. The number of benzene rings is 1. The molecule has 1 aromatic carbocycles.